The zero-order chi connectivity index (χ0) is 12.8. The number of carbonyl (C=O) groups is 1. The van der Waals surface area contributed by atoms with Crippen molar-refractivity contribution in [3.8, 4) is 0 Å². The minimum absolute atomic E-state index is 0.0916. The third-order valence-corrected chi connectivity index (χ3v) is 3.81. The van der Waals surface area contributed by atoms with Crippen molar-refractivity contribution in [2.75, 3.05) is 19.2 Å². The molecular weight excluding hydrogens is 254 g/mol. The number of thioether (sulfide) groups is 1. The first kappa shape index (κ1) is 14.4. The van der Waals surface area contributed by atoms with E-state index < -0.39 is 0 Å². The molecule has 1 aromatic rings. The molecule has 1 rings (SSSR count). The Kier molecular flexibility index (Phi) is 5.86. The molecule has 0 fully saturated rings. The van der Waals surface area contributed by atoms with Crippen molar-refractivity contribution in [3.63, 3.8) is 0 Å². The lowest BCUT2D eigenvalue weighted by atomic mass is 10.1. The summed E-state index contributed by atoms with van der Waals surface area (Å²) in [6.45, 7) is 2.48. The highest BCUT2D eigenvalue weighted by molar-refractivity contribution is 7.98. The van der Waals surface area contributed by atoms with Gasteiger partial charge in [-0.1, -0.05) is 19.1 Å². The Labute approximate surface area is 112 Å². The SMILES string of the molecule is CSc1ccc(CN(C)C(=O)C(C)CCl)cc1. The number of amides is 1. The lowest BCUT2D eigenvalue weighted by Gasteiger charge is -2.20. The van der Waals surface area contributed by atoms with Gasteiger partial charge in [-0.05, 0) is 24.0 Å². The van der Waals surface area contributed by atoms with E-state index in [0.717, 1.165) is 5.56 Å². The summed E-state index contributed by atoms with van der Waals surface area (Å²) < 4.78 is 0. The largest absolute Gasteiger partial charge is 0.341 e. The molecule has 0 N–H and O–H groups in total. The fourth-order valence-electron chi connectivity index (χ4n) is 1.52. The van der Waals surface area contributed by atoms with Gasteiger partial charge in [-0.3, -0.25) is 4.79 Å². The highest BCUT2D eigenvalue weighted by atomic mass is 35.5. The fourth-order valence-corrected chi connectivity index (χ4v) is 2.07. The molecule has 4 heteroatoms. The minimum Gasteiger partial charge on any atom is -0.341 e. The van der Waals surface area contributed by atoms with Gasteiger partial charge in [-0.2, -0.15) is 0 Å². The summed E-state index contributed by atoms with van der Waals surface area (Å²) in [6.07, 6.45) is 2.05. The molecule has 0 radical (unpaired) electrons. The number of carbonyl (C=O) groups excluding carboxylic acids is 1. The first-order valence-corrected chi connectivity index (χ1v) is 7.28. The molecule has 0 bridgehead atoms. The number of hydrogen-bond donors (Lipinski definition) is 0. The van der Waals surface area contributed by atoms with Gasteiger partial charge >= 0.3 is 0 Å². The van der Waals surface area contributed by atoms with Gasteiger partial charge in [0.2, 0.25) is 5.91 Å². The Balaban J connectivity index is 2.61. The van der Waals surface area contributed by atoms with Gasteiger partial charge in [0, 0.05) is 30.3 Å². The van der Waals surface area contributed by atoms with E-state index in [-0.39, 0.29) is 11.8 Å². The zero-order valence-corrected chi connectivity index (χ0v) is 12.0. The molecule has 2 nitrogen and oxygen atoms in total. The molecule has 1 atom stereocenters. The quantitative estimate of drug-likeness (QED) is 0.605. The monoisotopic (exact) mass is 271 g/mol. The summed E-state index contributed by atoms with van der Waals surface area (Å²) in [6, 6.07) is 8.26. The first-order chi connectivity index (χ1) is 8.08. The zero-order valence-electron chi connectivity index (χ0n) is 10.4. The summed E-state index contributed by atoms with van der Waals surface area (Å²) in [7, 11) is 1.81. The van der Waals surface area contributed by atoms with Crippen LogP contribution in [0.4, 0.5) is 0 Å². The first-order valence-electron chi connectivity index (χ1n) is 5.52. The molecule has 0 aromatic heterocycles. The van der Waals surface area contributed by atoms with Crippen molar-refractivity contribution < 1.29 is 4.79 Å². The number of rotatable bonds is 5. The van der Waals surface area contributed by atoms with Crippen LogP contribution in [0, 0.1) is 5.92 Å². The van der Waals surface area contributed by atoms with Crippen LogP contribution in [0.3, 0.4) is 0 Å². The van der Waals surface area contributed by atoms with E-state index in [9.17, 15) is 4.79 Å². The highest BCUT2D eigenvalue weighted by Crippen LogP contribution is 2.16. The summed E-state index contributed by atoms with van der Waals surface area (Å²) in [5.74, 6) is 0.343. The van der Waals surface area contributed by atoms with Crippen LogP contribution in [0.1, 0.15) is 12.5 Å². The summed E-state index contributed by atoms with van der Waals surface area (Å²) in [5.41, 5.74) is 1.14. The Hall–Kier alpha value is -0.670. The molecule has 0 saturated carbocycles. The normalized spacial score (nSPS) is 12.2. The van der Waals surface area contributed by atoms with Crippen molar-refractivity contribution >= 4 is 29.3 Å². The van der Waals surface area contributed by atoms with Crippen LogP contribution >= 0.6 is 23.4 Å². The van der Waals surface area contributed by atoms with Gasteiger partial charge in [0.05, 0.1) is 0 Å². The van der Waals surface area contributed by atoms with Crippen molar-refractivity contribution in [2.24, 2.45) is 5.92 Å². The Morgan fingerprint density at radius 3 is 2.47 bits per heavy atom. The van der Waals surface area contributed by atoms with Crippen LogP contribution in [0.5, 0.6) is 0 Å². The second kappa shape index (κ2) is 6.92. The number of hydrogen-bond acceptors (Lipinski definition) is 2. The standard InChI is InChI=1S/C13H18ClNOS/c1-10(8-14)13(16)15(2)9-11-4-6-12(17-3)7-5-11/h4-7,10H,8-9H2,1-3H3. The lowest BCUT2D eigenvalue weighted by Crippen LogP contribution is -2.31. The van der Waals surface area contributed by atoms with Crippen molar-refractivity contribution in [3.05, 3.63) is 29.8 Å². The second-order valence-corrected chi connectivity index (χ2v) is 5.29. The van der Waals surface area contributed by atoms with Gasteiger partial charge in [0.1, 0.15) is 0 Å². The van der Waals surface area contributed by atoms with Crippen LogP contribution in [-0.2, 0) is 11.3 Å². The number of halogens is 1. The molecular formula is C13H18ClNOS. The Morgan fingerprint density at radius 2 is 2.00 bits per heavy atom. The van der Waals surface area contributed by atoms with Gasteiger partial charge < -0.3 is 4.90 Å². The van der Waals surface area contributed by atoms with E-state index in [4.69, 9.17) is 11.6 Å². The Morgan fingerprint density at radius 1 is 1.41 bits per heavy atom. The molecule has 17 heavy (non-hydrogen) atoms. The van der Waals surface area contributed by atoms with Crippen LogP contribution < -0.4 is 0 Å². The number of benzene rings is 1. The van der Waals surface area contributed by atoms with E-state index in [0.29, 0.717) is 12.4 Å². The van der Waals surface area contributed by atoms with Gasteiger partial charge in [0.15, 0.2) is 0 Å². The number of alkyl halides is 1. The van der Waals surface area contributed by atoms with Crippen molar-refractivity contribution in [1.82, 2.24) is 4.90 Å². The molecule has 0 spiro atoms. The predicted octanol–water partition coefficient (Wildman–Crippen LogP) is 3.24. The van der Waals surface area contributed by atoms with E-state index in [1.165, 1.54) is 4.90 Å². The summed E-state index contributed by atoms with van der Waals surface area (Å²) in [4.78, 5) is 14.8. The van der Waals surface area contributed by atoms with Gasteiger partial charge in [-0.15, -0.1) is 23.4 Å². The maximum atomic E-state index is 11.8. The average molecular weight is 272 g/mol. The number of nitrogens with zero attached hydrogens (tertiary/aromatic N) is 1. The molecule has 0 heterocycles. The van der Waals surface area contributed by atoms with E-state index >= 15 is 0 Å². The molecule has 1 amide bonds. The molecule has 0 aliphatic rings. The minimum atomic E-state index is -0.118. The third-order valence-electron chi connectivity index (χ3n) is 2.61. The maximum absolute atomic E-state index is 11.8. The maximum Gasteiger partial charge on any atom is 0.226 e. The highest BCUT2D eigenvalue weighted by Gasteiger charge is 2.16. The van der Waals surface area contributed by atoms with Gasteiger partial charge in [-0.25, -0.2) is 0 Å². The Bertz CT molecular complexity index is 366. The van der Waals surface area contributed by atoms with Crippen LogP contribution in [0.25, 0.3) is 0 Å². The van der Waals surface area contributed by atoms with E-state index in [1.54, 1.807) is 16.7 Å². The molecule has 0 aliphatic heterocycles. The molecule has 0 aliphatic carbocycles. The predicted molar refractivity (Wildman–Crippen MR) is 74.6 cm³/mol. The van der Waals surface area contributed by atoms with Crippen LogP contribution in [-0.4, -0.2) is 30.0 Å². The smallest absolute Gasteiger partial charge is 0.226 e. The van der Waals surface area contributed by atoms with Crippen LogP contribution in [0.2, 0.25) is 0 Å². The van der Waals surface area contributed by atoms with Crippen LogP contribution in [0.15, 0.2) is 29.2 Å². The fraction of sp³-hybridized carbons (Fsp3) is 0.462. The summed E-state index contributed by atoms with van der Waals surface area (Å²) >= 11 is 7.40. The molecule has 1 aromatic carbocycles. The second-order valence-electron chi connectivity index (χ2n) is 4.10. The lowest BCUT2D eigenvalue weighted by molar-refractivity contribution is -0.133. The molecule has 0 saturated heterocycles. The van der Waals surface area contributed by atoms with Crippen molar-refractivity contribution in [1.29, 1.82) is 0 Å². The summed E-state index contributed by atoms with van der Waals surface area (Å²) in [5, 5.41) is 0. The van der Waals surface area contributed by atoms with E-state index in [2.05, 4.69) is 24.3 Å². The molecule has 94 valence electrons. The average Bonchev–Trinajstić information content (AvgIpc) is 2.37. The topological polar surface area (TPSA) is 20.3 Å². The molecule has 1 unspecified atom stereocenters. The third kappa shape index (κ3) is 4.25. The van der Waals surface area contributed by atoms with Gasteiger partial charge in [0.25, 0.3) is 0 Å². The van der Waals surface area contributed by atoms with E-state index in [1.807, 2.05) is 20.2 Å². The van der Waals surface area contributed by atoms with Crippen molar-refractivity contribution in [2.45, 2.75) is 18.4 Å².